The number of aliphatic hydroxyl groups is 7. The fourth-order valence-corrected chi connectivity index (χ4v) is 9.34. The Morgan fingerprint density at radius 2 is 0.857 bits per heavy atom. The van der Waals surface area contributed by atoms with Crippen molar-refractivity contribution in [3.05, 3.63) is 36.5 Å². The van der Waals surface area contributed by atoms with Crippen LogP contribution in [0.2, 0.25) is 0 Å². The van der Waals surface area contributed by atoms with Gasteiger partial charge in [-0.3, -0.25) is 4.79 Å². The molecule has 1 amide bonds. The molecule has 1 aliphatic rings. The summed E-state index contributed by atoms with van der Waals surface area (Å²) in [5, 5.41) is 75.8. The number of amides is 1. The summed E-state index contributed by atoms with van der Waals surface area (Å²) in [6.45, 7) is 3.40. The summed E-state index contributed by atoms with van der Waals surface area (Å²) in [5.41, 5.74) is 0. The van der Waals surface area contributed by atoms with Crippen molar-refractivity contribution < 1.29 is 50.0 Å². The SMILES string of the molecule is CCCCC/C=C\CCCCCCC(O)C(=O)NC(COC1OC(CO)C(O)C(O)C1O)C(O)C(O)CCC/C=C/CC/C=C/CCCCCCCCCCCCCCCCCCCCCCCCC. The van der Waals surface area contributed by atoms with E-state index in [9.17, 15) is 40.5 Å². The quantitative estimate of drug-likeness (QED) is 0.0215. The van der Waals surface area contributed by atoms with Crippen LogP contribution in [0.1, 0.15) is 264 Å². The van der Waals surface area contributed by atoms with Crippen molar-refractivity contribution >= 4 is 5.91 Å². The zero-order valence-electron chi connectivity index (χ0n) is 45.0. The maximum Gasteiger partial charge on any atom is 0.249 e. The fraction of sp³-hybridized carbons (Fsp3) is 0.881. The summed E-state index contributed by atoms with van der Waals surface area (Å²) in [5.74, 6) is -0.721. The first-order valence-corrected chi connectivity index (χ1v) is 29.4. The van der Waals surface area contributed by atoms with E-state index in [0.717, 1.165) is 51.4 Å². The lowest BCUT2D eigenvalue weighted by molar-refractivity contribution is -0.303. The molecule has 9 unspecified atom stereocenters. The van der Waals surface area contributed by atoms with Crippen molar-refractivity contribution in [2.24, 2.45) is 0 Å². The highest BCUT2D eigenvalue weighted by Crippen LogP contribution is 2.23. The lowest BCUT2D eigenvalue weighted by Gasteiger charge is -2.40. The lowest BCUT2D eigenvalue weighted by Crippen LogP contribution is -2.60. The Labute approximate surface area is 428 Å². The van der Waals surface area contributed by atoms with Gasteiger partial charge in [0, 0.05) is 0 Å². The molecule has 1 fully saturated rings. The number of hydrogen-bond acceptors (Lipinski definition) is 10. The van der Waals surface area contributed by atoms with Crippen molar-refractivity contribution in [1.29, 1.82) is 0 Å². The lowest BCUT2D eigenvalue weighted by atomic mass is 9.98. The number of carbonyl (C=O) groups is 1. The van der Waals surface area contributed by atoms with Crippen molar-refractivity contribution in [1.82, 2.24) is 5.32 Å². The molecule has 0 radical (unpaired) electrons. The predicted molar refractivity (Wildman–Crippen MR) is 289 cm³/mol. The molecule has 0 bridgehead atoms. The van der Waals surface area contributed by atoms with Crippen LogP contribution in [0.3, 0.4) is 0 Å². The summed E-state index contributed by atoms with van der Waals surface area (Å²) >= 11 is 0. The molecule has 0 aromatic rings. The number of carbonyl (C=O) groups excluding carboxylic acids is 1. The third-order valence-corrected chi connectivity index (χ3v) is 14.1. The summed E-state index contributed by atoms with van der Waals surface area (Å²) in [7, 11) is 0. The number of aliphatic hydroxyl groups excluding tert-OH is 7. The molecule has 0 spiro atoms. The second-order valence-corrected chi connectivity index (χ2v) is 20.7. The standard InChI is InChI=1S/C59H111NO10/c1-3-5-7-9-11-13-15-16-17-18-19-20-21-22-23-24-25-26-27-28-29-30-31-32-33-34-35-37-38-40-42-44-46-51(62)54(64)50(49-69-59-57(67)56(66)55(65)53(48-61)70-59)60-58(68)52(63)47-45-43-41-39-36-14-12-10-8-6-4-2/h12,14,33-34,38,40,50-57,59,61-67H,3-11,13,15-32,35-37,39,41-49H2,1-2H3,(H,60,68)/b14-12-,34-33+,40-38+. The van der Waals surface area contributed by atoms with Crippen LogP contribution < -0.4 is 5.32 Å². The average Bonchev–Trinajstić information content (AvgIpc) is 3.36. The molecule has 0 aliphatic carbocycles. The van der Waals surface area contributed by atoms with E-state index in [1.54, 1.807) is 0 Å². The van der Waals surface area contributed by atoms with Crippen LogP contribution >= 0.6 is 0 Å². The Morgan fingerprint density at radius 3 is 1.30 bits per heavy atom. The zero-order chi connectivity index (χ0) is 51.1. The van der Waals surface area contributed by atoms with Gasteiger partial charge in [0.25, 0.3) is 0 Å². The Bertz CT molecular complexity index is 1230. The molecule has 0 saturated carbocycles. The molecule has 1 rings (SSSR count). The highest BCUT2D eigenvalue weighted by atomic mass is 16.7. The number of unbranched alkanes of at least 4 members (excludes halogenated alkanes) is 32. The largest absolute Gasteiger partial charge is 0.394 e. The molecule has 1 saturated heterocycles. The van der Waals surface area contributed by atoms with Gasteiger partial charge in [-0.1, -0.05) is 224 Å². The normalized spacial score (nSPS) is 20.5. The zero-order valence-corrected chi connectivity index (χ0v) is 45.0. The molecule has 412 valence electrons. The molecular weight excluding hydrogens is 883 g/mol. The number of allylic oxidation sites excluding steroid dienone is 6. The van der Waals surface area contributed by atoms with E-state index in [1.165, 1.54) is 167 Å². The van der Waals surface area contributed by atoms with Crippen molar-refractivity contribution in [3.63, 3.8) is 0 Å². The van der Waals surface area contributed by atoms with Gasteiger partial charge in [-0.15, -0.1) is 0 Å². The van der Waals surface area contributed by atoms with Crippen LogP contribution in [0.25, 0.3) is 0 Å². The summed E-state index contributed by atoms with van der Waals surface area (Å²) in [6, 6.07) is -1.20. The highest BCUT2D eigenvalue weighted by Gasteiger charge is 2.44. The maximum atomic E-state index is 13.1. The van der Waals surface area contributed by atoms with Crippen LogP contribution in [0.15, 0.2) is 36.5 Å². The maximum absolute atomic E-state index is 13.1. The first-order valence-electron chi connectivity index (χ1n) is 29.4. The summed E-state index contributed by atoms with van der Waals surface area (Å²) in [6.07, 6.45) is 48.2. The van der Waals surface area contributed by atoms with Crippen LogP contribution in [0, 0.1) is 0 Å². The Balaban J connectivity index is 2.23. The van der Waals surface area contributed by atoms with Gasteiger partial charge in [0.15, 0.2) is 6.29 Å². The monoisotopic (exact) mass is 994 g/mol. The molecule has 11 nitrogen and oxygen atoms in total. The number of rotatable bonds is 50. The van der Waals surface area contributed by atoms with Crippen molar-refractivity contribution in [2.45, 2.75) is 319 Å². The van der Waals surface area contributed by atoms with E-state index in [-0.39, 0.29) is 12.8 Å². The van der Waals surface area contributed by atoms with E-state index in [1.807, 2.05) is 0 Å². The molecule has 1 aliphatic heterocycles. The third-order valence-electron chi connectivity index (χ3n) is 14.1. The second kappa shape index (κ2) is 48.3. The average molecular weight is 995 g/mol. The first kappa shape index (κ1) is 66.3. The first-order chi connectivity index (χ1) is 34.2. The van der Waals surface area contributed by atoms with Crippen LogP contribution in [0.4, 0.5) is 0 Å². The van der Waals surface area contributed by atoms with E-state index >= 15 is 0 Å². The third kappa shape index (κ3) is 36.3. The van der Waals surface area contributed by atoms with E-state index in [2.05, 4.69) is 55.6 Å². The smallest absolute Gasteiger partial charge is 0.249 e. The summed E-state index contributed by atoms with van der Waals surface area (Å²) in [4.78, 5) is 13.1. The highest BCUT2D eigenvalue weighted by molar-refractivity contribution is 5.80. The van der Waals surface area contributed by atoms with Gasteiger partial charge in [0.1, 0.15) is 36.6 Å². The van der Waals surface area contributed by atoms with Gasteiger partial charge in [0.05, 0.1) is 25.4 Å². The minimum atomic E-state index is -1.67. The molecule has 1 heterocycles. The minimum absolute atomic E-state index is 0.236. The Morgan fingerprint density at radius 1 is 0.486 bits per heavy atom. The Kier molecular flexibility index (Phi) is 45.8. The number of hydrogen-bond donors (Lipinski definition) is 8. The Hall–Kier alpha value is -1.67. The van der Waals surface area contributed by atoms with Crippen LogP contribution in [-0.4, -0.2) is 110 Å². The molecule has 0 aromatic carbocycles. The minimum Gasteiger partial charge on any atom is -0.394 e. The van der Waals surface area contributed by atoms with Gasteiger partial charge in [-0.25, -0.2) is 0 Å². The summed E-state index contributed by atoms with van der Waals surface area (Å²) < 4.78 is 11.1. The molecular formula is C59H111NO10. The molecule has 70 heavy (non-hydrogen) atoms. The van der Waals surface area contributed by atoms with Gasteiger partial charge in [-0.05, 0) is 77.0 Å². The molecule has 9 atom stereocenters. The van der Waals surface area contributed by atoms with Crippen molar-refractivity contribution in [2.75, 3.05) is 13.2 Å². The van der Waals surface area contributed by atoms with Gasteiger partial charge >= 0.3 is 0 Å². The van der Waals surface area contributed by atoms with Gasteiger partial charge in [0.2, 0.25) is 5.91 Å². The van der Waals surface area contributed by atoms with Gasteiger partial charge in [-0.2, -0.15) is 0 Å². The van der Waals surface area contributed by atoms with Crippen LogP contribution in [0.5, 0.6) is 0 Å². The van der Waals surface area contributed by atoms with E-state index < -0.39 is 74.2 Å². The van der Waals surface area contributed by atoms with E-state index in [4.69, 9.17) is 9.47 Å². The van der Waals surface area contributed by atoms with Gasteiger partial charge < -0.3 is 50.5 Å². The number of ether oxygens (including phenoxy) is 2. The fourth-order valence-electron chi connectivity index (χ4n) is 9.34. The van der Waals surface area contributed by atoms with E-state index in [0.29, 0.717) is 19.3 Å². The van der Waals surface area contributed by atoms with Crippen molar-refractivity contribution in [3.8, 4) is 0 Å². The predicted octanol–water partition coefficient (Wildman–Crippen LogP) is 12.3. The van der Waals surface area contributed by atoms with Crippen LogP contribution in [-0.2, 0) is 14.3 Å². The molecule has 11 heteroatoms. The number of nitrogens with one attached hydrogen (secondary N) is 1. The molecule has 8 N–H and O–H groups in total. The topological polar surface area (TPSA) is 189 Å². The second-order valence-electron chi connectivity index (χ2n) is 20.7. The molecule has 0 aromatic heterocycles.